The van der Waals surface area contributed by atoms with Crippen molar-refractivity contribution in [2.75, 3.05) is 31.1 Å². The molecule has 1 aromatic rings. The first kappa shape index (κ1) is 13.8. The third-order valence-electron chi connectivity index (χ3n) is 3.73. The molecule has 21 heavy (non-hydrogen) atoms. The van der Waals surface area contributed by atoms with Gasteiger partial charge in [-0.1, -0.05) is 0 Å². The second-order valence-corrected chi connectivity index (χ2v) is 5.57. The van der Waals surface area contributed by atoms with E-state index in [0.29, 0.717) is 43.9 Å². The zero-order chi connectivity index (χ0) is 14.8. The molecule has 1 saturated heterocycles. The lowest BCUT2D eigenvalue weighted by atomic mass is 10.3. The lowest BCUT2D eigenvalue weighted by Gasteiger charge is -2.32. The molecule has 0 spiro atoms. The molecule has 0 atom stereocenters. The van der Waals surface area contributed by atoms with Gasteiger partial charge in [0.1, 0.15) is 5.69 Å². The molecule has 1 aliphatic carbocycles. The topological polar surface area (TPSA) is 78.4 Å². The van der Waals surface area contributed by atoms with E-state index in [-0.39, 0.29) is 5.91 Å². The quantitative estimate of drug-likeness (QED) is 0.787. The Kier molecular flexibility index (Phi) is 3.72. The van der Waals surface area contributed by atoms with Crippen molar-refractivity contribution in [3.63, 3.8) is 0 Å². The first-order valence-corrected chi connectivity index (χ1v) is 7.26. The minimum absolute atomic E-state index is 0.129. The van der Waals surface area contributed by atoms with Gasteiger partial charge in [-0.2, -0.15) is 0 Å². The molecule has 1 aliphatic heterocycles. The van der Waals surface area contributed by atoms with E-state index in [1.165, 1.54) is 0 Å². The van der Waals surface area contributed by atoms with Crippen LogP contribution in [-0.4, -0.2) is 59.4 Å². The molecule has 7 heteroatoms. The van der Waals surface area contributed by atoms with Gasteiger partial charge in [-0.25, -0.2) is 9.97 Å². The van der Waals surface area contributed by atoms with Gasteiger partial charge in [0.2, 0.25) is 12.4 Å². The fourth-order valence-corrected chi connectivity index (χ4v) is 2.32. The van der Waals surface area contributed by atoms with Crippen LogP contribution >= 0.6 is 0 Å². The molecule has 0 unspecified atom stereocenters. The van der Waals surface area contributed by atoms with Crippen molar-refractivity contribution in [3.8, 4) is 0 Å². The van der Waals surface area contributed by atoms with Crippen LogP contribution in [0, 0.1) is 6.92 Å². The summed E-state index contributed by atoms with van der Waals surface area (Å²) in [4.78, 5) is 35.4. The summed E-state index contributed by atoms with van der Waals surface area (Å²) in [6.45, 7) is 4.55. The largest absolute Gasteiger partial charge is 0.348 e. The van der Waals surface area contributed by atoms with E-state index in [2.05, 4.69) is 15.3 Å². The lowest BCUT2D eigenvalue weighted by molar-refractivity contribution is -0.118. The van der Waals surface area contributed by atoms with Crippen LogP contribution in [-0.2, 0) is 4.79 Å². The van der Waals surface area contributed by atoms with Gasteiger partial charge in [-0.05, 0) is 25.8 Å². The summed E-state index contributed by atoms with van der Waals surface area (Å²) in [5.41, 5.74) is 1.20. The molecule has 1 N–H and O–H groups in total. The van der Waals surface area contributed by atoms with E-state index in [4.69, 9.17) is 0 Å². The molecule has 7 nitrogen and oxygen atoms in total. The van der Waals surface area contributed by atoms with Gasteiger partial charge in [-0.15, -0.1) is 0 Å². The zero-order valence-corrected chi connectivity index (χ0v) is 12.1. The number of aryl methyl sites for hydroxylation is 1. The molecule has 2 fully saturated rings. The molecule has 1 aromatic heterocycles. The first-order valence-electron chi connectivity index (χ1n) is 7.26. The SMILES string of the molecule is Cc1cc(C(=O)NC2CC2)nc(N2CCN(C=O)CC2)n1. The fourth-order valence-electron chi connectivity index (χ4n) is 2.32. The van der Waals surface area contributed by atoms with Crippen molar-refractivity contribution in [2.45, 2.75) is 25.8 Å². The summed E-state index contributed by atoms with van der Waals surface area (Å²) in [6, 6.07) is 2.02. The second kappa shape index (κ2) is 5.67. The van der Waals surface area contributed by atoms with E-state index in [9.17, 15) is 9.59 Å². The van der Waals surface area contributed by atoms with Crippen LogP contribution in [0.5, 0.6) is 0 Å². The Balaban J connectivity index is 1.74. The fraction of sp³-hybridized carbons (Fsp3) is 0.571. The number of hydrogen-bond acceptors (Lipinski definition) is 5. The van der Waals surface area contributed by atoms with E-state index in [1.54, 1.807) is 11.0 Å². The molecular weight excluding hydrogens is 270 g/mol. The van der Waals surface area contributed by atoms with E-state index in [1.807, 2.05) is 11.8 Å². The van der Waals surface area contributed by atoms with Gasteiger partial charge < -0.3 is 15.1 Å². The van der Waals surface area contributed by atoms with Gasteiger partial charge in [-0.3, -0.25) is 9.59 Å². The summed E-state index contributed by atoms with van der Waals surface area (Å²) < 4.78 is 0. The average molecular weight is 289 g/mol. The third kappa shape index (κ3) is 3.29. The molecule has 0 aromatic carbocycles. The van der Waals surface area contributed by atoms with Gasteiger partial charge in [0.15, 0.2) is 0 Å². The maximum atomic E-state index is 12.1. The second-order valence-electron chi connectivity index (χ2n) is 5.57. The Bertz CT molecular complexity index is 550. The van der Waals surface area contributed by atoms with Crippen LogP contribution in [0.1, 0.15) is 29.0 Å². The van der Waals surface area contributed by atoms with Crippen molar-refractivity contribution in [2.24, 2.45) is 0 Å². The maximum Gasteiger partial charge on any atom is 0.270 e. The zero-order valence-electron chi connectivity index (χ0n) is 12.1. The van der Waals surface area contributed by atoms with Gasteiger partial charge in [0.25, 0.3) is 5.91 Å². The third-order valence-corrected chi connectivity index (χ3v) is 3.73. The van der Waals surface area contributed by atoms with Crippen molar-refractivity contribution in [1.82, 2.24) is 20.2 Å². The summed E-state index contributed by atoms with van der Waals surface area (Å²) in [6.07, 6.45) is 2.97. The van der Waals surface area contributed by atoms with Gasteiger partial charge >= 0.3 is 0 Å². The molecule has 1 saturated carbocycles. The van der Waals surface area contributed by atoms with Crippen LogP contribution in [0.25, 0.3) is 0 Å². The summed E-state index contributed by atoms with van der Waals surface area (Å²) in [5.74, 6) is 0.442. The Morgan fingerprint density at radius 1 is 1.29 bits per heavy atom. The molecule has 0 radical (unpaired) electrons. The number of anilines is 1. The molecule has 3 rings (SSSR count). The van der Waals surface area contributed by atoms with Crippen LogP contribution in [0.3, 0.4) is 0 Å². The molecule has 0 bridgehead atoms. The molecule has 112 valence electrons. The number of carbonyl (C=O) groups is 2. The van der Waals surface area contributed by atoms with Crippen LogP contribution < -0.4 is 10.2 Å². The average Bonchev–Trinajstić information content (AvgIpc) is 3.30. The Morgan fingerprint density at radius 3 is 2.62 bits per heavy atom. The summed E-state index contributed by atoms with van der Waals surface area (Å²) in [7, 11) is 0. The number of nitrogens with zero attached hydrogens (tertiary/aromatic N) is 4. The molecule has 2 aliphatic rings. The van der Waals surface area contributed by atoms with Crippen molar-refractivity contribution >= 4 is 18.3 Å². The molecular formula is C14H19N5O2. The smallest absolute Gasteiger partial charge is 0.270 e. The van der Waals surface area contributed by atoms with Crippen LogP contribution in [0.4, 0.5) is 5.95 Å². The molecule has 2 amide bonds. The Morgan fingerprint density at radius 2 is 2.00 bits per heavy atom. The number of amides is 2. The summed E-state index contributed by atoms with van der Waals surface area (Å²) >= 11 is 0. The highest BCUT2D eigenvalue weighted by Gasteiger charge is 2.25. The van der Waals surface area contributed by atoms with Crippen LogP contribution in [0.2, 0.25) is 0 Å². The van der Waals surface area contributed by atoms with Crippen molar-refractivity contribution in [3.05, 3.63) is 17.5 Å². The minimum atomic E-state index is -0.129. The van der Waals surface area contributed by atoms with Crippen molar-refractivity contribution < 1.29 is 9.59 Å². The standard InChI is InChI=1S/C14H19N5O2/c1-10-8-12(13(21)16-11-2-3-11)17-14(15-10)19-6-4-18(9-20)5-7-19/h8-9,11H,2-7H2,1H3,(H,16,21). The van der Waals surface area contributed by atoms with Crippen LogP contribution in [0.15, 0.2) is 6.07 Å². The monoisotopic (exact) mass is 289 g/mol. The summed E-state index contributed by atoms with van der Waals surface area (Å²) in [5, 5.41) is 2.94. The Hall–Kier alpha value is -2.18. The highest BCUT2D eigenvalue weighted by molar-refractivity contribution is 5.93. The molecule has 2 heterocycles. The van der Waals surface area contributed by atoms with E-state index >= 15 is 0 Å². The number of aromatic nitrogens is 2. The normalized spacial score (nSPS) is 18.5. The van der Waals surface area contributed by atoms with Gasteiger partial charge in [0.05, 0.1) is 0 Å². The minimum Gasteiger partial charge on any atom is -0.348 e. The number of nitrogens with one attached hydrogen (secondary N) is 1. The number of hydrogen-bond donors (Lipinski definition) is 1. The van der Waals surface area contributed by atoms with E-state index < -0.39 is 0 Å². The van der Waals surface area contributed by atoms with E-state index in [0.717, 1.165) is 24.9 Å². The predicted octanol–water partition coefficient (Wildman–Crippen LogP) is -0.0444. The number of piperazine rings is 1. The number of rotatable bonds is 4. The lowest BCUT2D eigenvalue weighted by Crippen LogP contribution is -2.46. The maximum absolute atomic E-state index is 12.1. The predicted molar refractivity (Wildman–Crippen MR) is 77.1 cm³/mol. The van der Waals surface area contributed by atoms with Gasteiger partial charge in [0, 0.05) is 37.9 Å². The highest BCUT2D eigenvalue weighted by Crippen LogP contribution is 2.19. The Labute approximate surface area is 123 Å². The first-order chi connectivity index (χ1) is 10.2. The van der Waals surface area contributed by atoms with Crippen molar-refractivity contribution in [1.29, 1.82) is 0 Å². The highest BCUT2D eigenvalue weighted by atomic mass is 16.2. The number of carbonyl (C=O) groups excluding carboxylic acids is 2.